The van der Waals surface area contributed by atoms with E-state index in [4.69, 9.17) is 0 Å². The summed E-state index contributed by atoms with van der Waals surface area (Å²) in [6.07, 6.45) is -4.41. The van der Waals surface area contributed by atoms with E-state index < -0.39 is 11.7 Å². The third-order valence-electron chi connectivity index (χ3n) is 4.35. The van der Waals surface area contributed by atoms with Gasteiger partial charge < -0.3 is 0 Å². The summed E-state index contributed by atoms with van der Waals surface area (Å²) in [6.45, 7) is 1.98. The monoisotopic (exact) mass is 364 g/mol. The van der Waals surface area contributed by atoms with E-state index in [2.05, 4.69) is 9.97 Å². The molecule has 3 aromatic carbocycles. The minimum Gasteiger partial charge on any atom is -0.228 e. The average Bonchev–Trinajstić information content (AvgIpc) is 2.67. The van der Waals surface area contributed by atoms with Crippen molar-refractivity contribution in [2.24, 2.45) is 0 Å². The van der Waals surface area contributed by atoms with Crippen molar-refractivity contribution in [3.63, 3.8) is 0 Å². The van der Waals surface area contributed by atoms with Gasteiger partial charge in [0.25, 0.3) is 0 Å². The average molecular weight is 364 g/mol. The molecular weight excluding hydrogens is 349 g/mol. The van der Waals surface area contributed by atoms with Crippen LogP contribution in [0.2, 0.25) is 0 Å². The third kappa shape index (κ3) is 3.40. The number of hydrogen-bond donors (Lipinski definition) is 0. The molecule has 27 heavy (non-hydrogen) atoms. The summed E-state index contributed by atoms with van der Waals surface area (Å²) in [5.41, 5.74) is 2.98. The number of rotatable bonds is 2. The van der Waals surface area contributed by atoms with E-state index in [0.29, 0.717) is 16.8 Å². The topological polar surface area (TPSA) is 25.8 Å². The van der Waals surface area contributed by atoms with E-state index in [0.717, 1.165) is 28.6 Å². The molecular formula is C22H15F3N2. The van der Waals surface area contributed by atoms with Crippen LogP contribution in [-0.4, -0.2) is 9.97 Å². The van der Waals surface area contributed by atoms with Crippen LogP contribution >= 0.6 is 0 Å². The second-order valence-electron chi connectivity index (χ2n) is 6.36. The standard InChI is InChI=1S/C22H15F3N2/c1-14-10-11-19-18(12-14)20(15-6-3-2-4-7-15)27-21(26-19)16-8-5-9-17(13-16)22(23,24)25/h2-13H,1H3. The summed E-state index contributed by atoms with van der Waals surface area (Å²) in [7, 11) is 0. The normalized spacial score (nSPS) is 11.7. The van der Waals surface area contributed by atoms with Crippen LogP contribution in [0.4, 0.5) is 13.2 Å². The first-order chi connectivity index (χ1) is 12.9. The molecule has 0 aliphatic heterocycles. The number of aryl methyl sites for hydroxylation is 1. The van der Waals surface area contributed by atoms with Gasteiger partial charge in [-0.3, -0.25) is 0 Å². The minimum absolute atomic E-state index is 0.274. The number of benzene rings is 3. The van der Waals surface area contributed by atoms with Gasteiger partial charge in [0, 0.05) is 16.5 Å². The molecule has 0 fully saturated rings. The molecule has 0 N–H and O–H groups in total. The van der Waals surface area contributed by atoms with Crippen molar-refractivity contribution in [1.82, 2.24) is 9.97 Å². The van der Waals surface area contributed by atoms with Crippen LogP contribution in [-0.2, 0) is 6.18 Å². The van der Waals surface area contributed by atoms with Crippen LogP contribution in [0.5, 0.6) is 0 Å². The first kappa shape index (κ1) is 17.2. The maximum atomic E-state index is 13.1. The Labute approximate surface area is 154 Å². The van der Waals surface area contributed by atoms with Gasteiger partial charge in [0.1, 0.15) is 0 Å². The summed E-state index contributed by atoms with van der Waals surface area (Å²) < 4.78 is 39.3. The summed E-state index contributed by atoms with van der Waals surface area (Å²) >= 11 is 0. The number of hydrogen-bond acceptors (Lipinski definition) is 2. The molecule has 4 rings (SSSR count). The lowest BCUT2D eigenvalue weighted by molar-refractivity contribution is -0.137. The molecule has 0 atom stereocenters. The van der Waals surface area contributed by atoms with Gasteiger partial charge in [-0.05, 0) is 31.2 Å². The summed E-state index contributed by atoms with van der Waals surface area (Å²) in [4.78, 5) is 9.14. The van der Waals surface area contributed by atoms with E-state index in [1.54, 1.807) is 6.07 Å². The SMILES string of the molecule is Cc1ccc2nc(-c3cccc(C(F)(F)F)c3)nc(-c3ccccc3)c2c1. The van der Waals surface area contributed by atoms with Crippen LogP contribution in [0.15, 0.2) is 72.8 Å². The molecule has 5 heteroatoms. The summed E-state index contributed by atoms with van der Waals surface area (Å²) in [6, 6.07) is 20.5. The first-order valence-corrected chi connectivity index (χ1v) is 8.43. The lowest BCUT2D eigenvalue weighted by Crippen LogP contribution is -2.05. The Morgan fingerprint density at radius 3 is 2.22 bits per heavy atom. The maximum absolute atomic E-state index is 13.1. The third-order valence-corrected chi connectivity index (χ3v) is 4.35. The Hall–Kier alpha value is -3.21. The summed E-state index contributed by atoms with van der Waals surface area (Å²) in [5, 5.41) is 0.872. The minimum atomic E-state index is -4.41. The largest absolute Gasteiger partial charge is 0.416 e. The number of alkyl halides is 3. The van der Waals surface area contributed by atoms with Crippen molar-refractivity contribution < 1.29 is 13.2 Å². The van der Waals surface area contributed by atoms with Gasteiger partial charge in [-0.2, -0.15) is 13.2 Å². The number of aromatic nitrogens is 2. The zero-order valence-corrected chi connectivity index (χ0v) is 14.5. The molecule has 2 nitrogen and oxygen atoms in total. The Morgan fingerprint density at radius 2 is 1.48 bits per heavy atom. The van der Waals surface area contributed by atoms with Crippen LogP contribution in [0.3, 0.4) is 0 Å². The van der Waals surface area contributed by atoms with Crippen molar-refractivity contribution in [3.05, 3.63) is 83.9 Å². The number of halogens is 3. The molecule has 0 aliphatic rings. The second-order valence-corrected chi connectivity index (χ2v) is 6.36. The van der Waals surface area contributed by atoms with Crippen LogP contribution in [0, 0.1) is 6.92 Å². The number of nitrogens with zero attached hydrogens (tertiary/aromatic N) is 2. The van der Waals surface area contributed by atoms with Crippen LogP contribution < -0.4 is 0 Å². The van der Waals surface area contributed by atoms with Crippen LogP contribution in [0.1, 0.15) is 11.1 Å². The second kappa shape index (κ2) is 6.50. The molecule has 4 aromatic rings. The van der Waals surface area contributed by atoms with E-state index in [9.17, 15) is 13.2 Å². The maximum Gasteiger partial charge on any atom is 0.416 e. The quantitative estimate of drug-likeness (QED) is 0.418. The Morgan fingerprint density at radius 1 is 0.741 bits per heavy atom. The fourth-order valence-electron chi connectivity index (χ4n) is 3.02. The molecule has 1 aromatic heterocycles. The Kier molecular flexibility index (Phi) is 4.15. The highest BCUT2D eigenvalue weighted by Gasteiger charge is 2.30. The highest BCUT2D eigenvalue weighted by molar-refractivity contribution is 5.94. The van der Waals surface area contributed by atoms with Gasteiger partial charge in [-0.15, -0.1) is 0 Å². The predicted octanol–water partition coefficient (Wildman–Crippen LogP) is 6.29. The molecule has 134 valence electrons. The van der Waals surface area contributed by atoms with Crippen molar-refractivity contribution in [2.75, 3.05) is 0 Å². The van der Waals surface area contributed by atoms with Crippen molar-refractivity contribution in [2.45, 2.75) is 13.1 Å². The molecule has 1 heterocycles. The van der Waals surface area contributed by atoms with E-state index in [-0.39, 0.29) is 5.82 Å². The van der Waals surface area contributed by atoms with Crippen molar-refractivity contribution >= 4 is 10.9 Å². The fourth-order valence-corrected chi connectivity index (χ4v) is 3.02. The van der Waals surface area contributed by atoms with Crippen LogP contribution in [0.25, 0.3) is 33.5 Å². The Balaban J connectivity index is 1.97. The molecule has 0 saturated heterocycles. The number of fused-ring (bicyclic) bond motifs is 1. The molecule has 0 spiro atoms. The van der Waals surface area contributed by atoms with Crippen molar-refractivity contribution in [1.29, 1.82) is 0 Å². The smallest absolute Gasteiger partial charge is 0.228 e. The zero-order valence-electron chi connectivity index (χ0n) is 14.5. The van der Waals surface area contributed by atoms with E-state index in [1.165, 1.54) is 6.07 Å². The van der Waals surface area contributed by atoms with Gasteiger partial charge in [-0.1, -0.05) is 54.1 Å². The highest BCUT2D eigenvalue weighted by atomic mass is 19.4. The lowest BCUT2D eigenvalue weighted by Gasteiger charge is -2.11. The van der Waals surface area contributed by atoms with Crippen molar-refractivity contribution in [3.8, 4) is 22.6 Å². The van der Waals surface area contributed by atoms with Gasteiger partial charge in [0.15, 0.2) is 5.82 Å². The molecule has 0 radical (unpaired) electrons. The van der Waals surface area contributed by atoms with Gasteiger partial charge in [0.2, 0.25) is 0 Å². The molecule has 0 bridgehead atoms. The van der Waals surface area contributed by atoms with E-state index >= 15 is 0 Å². The highest BCUT2D eigenvalue weighted by Crippen LogP contribution is 2.33. The predicted molar refractivity (Wildman–Crippen MR) is 100 cm³/mol. The van der Waals surface area contributed by atoms with E-state index in [1.807, 2.05) is 55.5 Å². The van der Waals surface area contributed by atoms with Gasteiger partial charge >= 0.3 is 6.18 Å². The lowest BCUT2D eigenvalue weighted by atomic mass is 10.0. The summed E-state index contributed by atoms with van der Waals surface area (Å²) in [5.74, 6) is 0.274. The molecule has 0 amide bonds. The van der Waals surface area contributed by atoms with Gasteiger partial charge in [-0.25, -0.2) is 9.97 Å². The molecule has 0 aliphatic carbocycles. The van der Waals surface area contributed by atoms with Gasteiger partial charge in [0.05, 0.1) is 16.8 Å². The Bertz CT molecular complexity index is 1120. The molecule has 0 saturated carbocycles. The first-order valence-electron chi connectivity index (χ1n) is 8.43. The molecule has 0 unspecified atom stereocenters. The fraction of sp³-hybridized carbons (Fsp3) is 0.0909. The zero-order chi connectivity index (χ0) is 19.0.